The minimum atomic E-state index is -4.60. The van der Waals surface area contributed by atoms with E-state index in [9.17, 15) is 26.4 Å². The van der Waals surface area contributed by atoms with Gasteiger partial charge in [0.15, 0.2) is 0 Å². The van der Waals surface area contributed by atoms with E-state index in [0.717, 1.165) is 0 Å². The second-order valence-electron chi connectivity index (χ2n) is 3.76. The first-order chi connectivity index (χ1) is 8.08. The number of alkyl halides is 3. The average molecular weight is 291 g/mol. The van der Waals surface area contributed by atoms with E-state index in [-0.39, 0.29) is 25.8 Å². The van der Waals surface area contributed by atoms with Crippen molar-refractivity contribution in [2.75, 3.05) is 18.8 Å². The molecule has 0 saturated carbocycles. The van der Waals surface area contributed by atoms with Gasteiger partial charge < -0.3 is 5.11 Å². The molecule has 108 valence electrons. The predicted octanol–water partition coefficient (Wildman–Crippen LogP) is 1.46. The number of aliphatic carboxylic acids is 1. The van der Waals surface area contributed by atoms with Gasteiger partial charge in [-0.1, -0.05) is 6.92 Å². The van der Waals surface area contributed by atoms with Gasteiger partial charge in [0, 0.05) is 13.0 Å². The smallest absolute Gasteiger partial charge is 0.402 e. The minimum absolute atomic E-state index is 0.199. The number of rotatable bonds is 8. The second kappa shape index (κ2) is 6.93. The summed E-state index contributed by atoms with van der Waals surface area (Å²) in [7, 11) is -4.06. The highest BCUT2D eigenvalue weighted by Gasteiger charge is 2.35. The number of nitrogens with zero attached hydrogens (tertiary/aromatic N) is 1. The van der Waals surface area contributed by atoms with Gasteiger partial charge in [-0.05, 0) is 12.8 Å². The number of hydrogen-bond donors (Lipinski definition) is 1. The maximum absolute atomic E-state index is 12.2. The van der Waals surface area contributed by atoms with E-state index in [0.29, 0.717) is 4.31 Å². The van der Waals surface area contributed by atoms with E-state index < -0.39 is 34.5 Å². The van der Waals surface area contributed by atoms with Gasteiger partial charge in [0.1, 0.15) is 6.54 Å². The first-order valence-electron chi connectivity index (χ1n) is 5.35. The summed E-state index contributed by atoms with van der Waals surface area (Å²) in [5.41, 5.74) is 0. The molecule has 0 fully saturated rings. The van der Waals surface area contributed by atoms with Crippen molar-refractivity contribution in [2.24, 2.45) is 0 Å². The van der Waals surface area contributed by atoms with Crippen LogP contribution in [0.15, 0.2) is 0 Å². The lowest BCUT2D eigenvalue weighted by atomic mass is 10.3. The lowest BCUT2D eigenvalue weighted by Crippen LogP contribution is -2.40. The largest absolute Gasteiger partial charge is 0.481 e. The van der Waals surface area contributed by atoms with E-state index in [2.05, 4.69) is 0 Å². The molecule has 18 heavy (non-hydrogen) atoms. The zero-order valence-corrected chi connectivity index (χ0v) is 10.7. The normalized spacial score (nSPS) is 12.9. The molecule has 0 heterocycles. The quantitative estimate of drug-likeness (QED) is 0.734. The third kappa shape index (κ3) is 7.49. The van der Waals surface area contributed by atoms with Crippen LogP contribution >= 0.6 is 0 Å². The zero-order chi connectivity index (χ0) is 14.4. The Bertz CT molecular complexity index is 366. The Morgan fingerprint density at radius 2 is 1.89 bits per heavy atom. The summed E-state index contributed by atoms with van der Waals surface area (Å²) in [6.07, 6.45) is -4.93. The van der Waals surface area contributed by atoms with Gasteiger partial charge in [-0.25, -0.2) is 8.42 Å². The summed E-state index contributed by atoms with van der Waals surface area (Å²) in [5, 5.41) is 8.35. The highest BCUT2D eigenvalue weighted by atomic mass is 32.2. The van der Waals surface area contributed by atoms with Gasteiger partial charge in [0.2, 0.25) is 10.0 Å². The Morgan fingerprint density at radius 3 is 2.28 bits per heavy atom. The number of sulfonamides is 1. The number of carbonyl (C=O) groups is 1. The Labute approximate surface area is 104 Å². The lowest BCUT2D eigenvalue weighted by Gasteiger charge is -2.22. The second-order valence-corrected chi connectivity index (χ2v) is 5.85. The molecule has 5 nitrogen and oxygen atoms in total. The molecule has 0 rings (SSSR count). The van der Waals surface area contributed by atoms with Gasteiger partial charge in [0.25, 0.3) is 0 Å². The fraction of sp³-hybridized carbons (Fsp3) is 0.889. The maximum Gasteiger partial charge on any atom is 0.402 e. The summed E-state index contributed by atoms with van der Waals surface area (Å²) in [6, 6.07) is 0. The molecule has 1 N–H and O–H groups in total. The van der Waals surface area contributed by atoms with Crippen molar-refractivity contribution >= 4 is 16.0 Å². The molecular weight excluding hydrogens is 275 g/mol. The standard InChI is InChI=1S/C9H16F3NO4S/c1-2-5-13(7-9(10,11)12)18(16,17)6-3-4-8(14)15/h2-7H2,1H3,(H,14,15). The van der Waals surface area contributed by atoms with Gasteiger partial charge in [-0.2, -0.15) is 17.5 Å². The molecule has 0 unspecified atom stereocenters. The number of halogens is 3. The van der Waals surface area contributed by atoms with Crippen LogP contribution in [-0.4, -0.2) is 48.8 Å². The first kappa shape index (κ1) is 17.2. The molecule has 0 aliphatic heterocycles. The maximum atomic E-state index is 12.2. The van der Waals surface area contributed by atoms with Crippen LogP contribution in [0.1, 0.15) is 26.2 Å². The molecule has 0 saturated heterocycles. The van der Waals surface area contributed by atoms with Crippen molar-refractivity contribution in [3.63, 3.8) is 0 Å². The van der Waals surface area contributed by atoms with Crippen LogP contribution in [0, 0.1) is 0 Å². The Hall–Kier alpha value is -0.830. The van der Waals surface area contributed by atoms with E-state index >= 15 is 0 Å². The Morgan fingerprint density at radius 1 is 1.33 bits per heavy atom. The molecule has 0 spiro atoms. The fourth-order valence-electron chi connectivity index (χ4n) is 1.30. The highest BCUT2D eigenvalue weighted by molar-refractivity contribution is 7.89. The van der Waals surface area contributed by atoms with Crippen molar-refractivity contribution < 1.29 is 31.5 Å². The molecule has 9 heteroatoms. The van der Waals surface area contributed by atoms with Crippen LogP contribution in [-0.2, 0) is 14.8 Å². The van der Waals surface area contributed by atoms with Crippen molar-refractivity contribution in [1.29, 1.82) is 0 Å². The summed E-state index contributed by atoms with van der Waals surface area (Å²) in [6.45, 7) is -0.193. The molecule has 0 aromatic heterocycles. The van der Waals surface area contributed by atoms with Crippen molar-refractivity contribution in [2.45, 2.75) is 32.4 Å². The number of carboxylic acid groups (broad SMARTS) is 1. The van der Waals surface area contributed by atoms with Crippen molar-refractivity contribution in [3.05, 3.63) is 0 Å². The predicted molar refractivity (Wildman–Crippen MR) is 58.6 cm³/mol. The van der Waals surface area contributed by atoms with Gasteiger partial charge in [0.05, 0.1) is 5.75 Å². The van der Waals surface area contributed by atoms with E-state index in [1.165, 1.54) is 0 Å². The monoisotopic (exact) mass is 291 g/mol. The van der Waals surface area contributed by atoms with Crippen LogP contribution in [0.25, 0.3) is 0 Å². The molecule has 0 aromatic rings. The summed E-state index contributed by atoms with van der Waals surface area (Å²) >= 11 is 0. The third-order valence-electron chi connectivity index (χ3n) is 2.01. The van der Waals surface area contributed by atoms with E-state index in [1.807, 2.05) is 0 Å². The van der Waals surface area contributed by atoms with Crippen LogP contribution in [0.3, 0.4) is 0 Å². The summed E-state index contributed by atoms with van der Waals surface area (Å²) in [5.74, 6) is -1.77. The average Bonchev–Trinajstić information content (AvgIpc) is 2.14. The Balaban J connectivity index is 4.61. The molecule has 0 radical (unpaired) electrons. The van der Waals surface area contributed by atoms with Crippen LogP contribution in [0.2, 0.25) is 0 Å². The lowest BCUT2D eigenvalue weighted by molar-refractivity contribution is -0.137. The van der Waals surface area contributed by atoms with E-state index in [1.54, 1.807) is 6.92 Å². The summed E-state index contributed by atoms with van der Waals surface area (Å²) < 4.78 is 60.2. The van der Waals surface area contributed by atoms with Crippen molar-refractivity contribution in [3.8, 4) is 0 Å². The van der Waals surface area contributed by atoms with Gasteiger partial charge in [-0.3, -0.25) is 4.79 Å². The molecule has 0 aliphatic rings. The third-order valence-corrected chi connectivity index (χ3v) is 3.92. The van der Waals surface area contributed by atoms with Gasteiger partial charge in [-0.15, -0.1) is 0 Å². The Kier molecular flexibility index (Phi) is 6.61. The molecule has 0 aliphatic carbocycles. The molecule has 0 aromatic carbocycles. The topological polar surface area (TPSA) is 74.7 Å². The molecule has 0 atom stereocenters. The molecule has 0 bridgehead atoms. The summed E-state index contributed by atoms with van der Waals surface area (Å²) in [4.78, 5) is 10.2. The van der Waals surface area contributed by atoms with Crippen LogP contribution < -0.4 is 0 Å². The molecule has 0 amide bonds. The van der Waals surface area contributed by atoms with Crippen LogP contribution in [0.5, 0.6) is 0 Å². The molecular formula is C9H16F3NO4S. The minimum Gasteiger partial charge on any atom is -0.481 e. The van der Waals surface area contributed by atoms with Crippen molar-refractivity contribution in [1.82, 2.24) is 4.31 Å². The zero-order valence-electron chi connectivity index (χ0n) is 9.90. The first-order valence-corrected chi connectivity index (χ1v) is 6.96. The number of carboxylic acids is 1. The van der Waals surface area contributed by atoms with Gasteiger partial charge >= 0.3 is 12.1 Å². The van der Waals surface area contributed by atoms with E-state index in [4.69, 9.17) is 5.11 Å². The fourth-order valence-corrected chi connectivity index (χ4v) is 2.87. The number of hydrogen-bond acceptors (Lipinski definition) is 3. The van der Waals surface area contributed by atoms with Crippen LogP contribution in [0.4, 0.5) is 13.2 Å². The SMILES string of the molecule is CCCN(CC(F)(F)F)S(=O)(=O)CCCC(=O)O. The highest BCUT2D eigenvalue weighted by Crippen LogP contribution is 2.19.